The molecule has 0 aromatic carbocycles. The Morgan fingerprint density at radius 3 is 3.00 bits per heavy atom. The first-order valence-electron chi connectivity index (χ1n) is 6.34. The highest BCUT2D eigenvalue weighted by Gasteiger charge is 2.30. The lowest BCUT2D eigenvalue weighted by Gasteiger charge is -2.31. The fourth-order valence-corrected chi connectivity index (χ4v) is 2.46. The summed E-state index contributed by atoms with van der Waals surface area (Å²) < 4.78 is 13.1. The van der Waals surface area contributed by atoms with Crippen LogP contribution in [0.1, 0.15) is 25.1 Å². The van der Waals surface area contributed by atoms with Gasteiger partial charge < -0.3 is 14.8 Å². The molecule has 18 heavy (non-hydrogen) atoms. The Morgan fingerprint density at radius 1 is 1.61 bits per heavy atom. The van der Waals surface area contributed by atoms with Crippen molar-refractivity contribution in [2.24, 2.45) is 7.05 Å². The number of aromatic nitrogens is 2. The van der Waals surface area contributed by atoms with Gasteiger partial charge in [-0.2, -0.15) is 5.10 Å². The molecule has 5 nitrogen and oxygen atoms in total. The molecule has 1 aliphatic heterocycles. The molecule has 0 saturated carbocycles. The number of nitrogens with one attached hydrogen (secondary N) is 1. The van der Waals surface area contributed by atoms with Gasteiger partial charge in [-0.3, -0.25) is 4.68 Å². The normalized spacial score (nSPS) is 22.1. The van der Waals surface area contributed by atoms with Gasteiger partial charge in [-0.15, -0.1) is 0 Å². The number of halogens is 1. The molecule has 2 unspecified atom stereocenters. The van der Waals surface area contributed by atoms with E-state index in [4.69, 9.17) is 21.1 Å². The summed E-state index contributed by atoms with van der Waals surface area (Å²) in [6.45, 7) is 4.92. The fourth-order valence-electron chi connectivity index (χ4n) is 2.17. The van der Waals surface area contributed by atoms with Crippen LogP contribution in [0.2, 0.25) is 5.02 Å². The number of nitrogens with zero attached hydrogens (tertiary/aromatic N) is 2. The van der Waals surface area contributed by atoms with E-state index in [0.29, 0.717) is 24.8 Å². The molecule has 0 aliphatic carbocycles. The van der Waals surface area contributed by atoms with E-state index in [2.05, 4.69) is 17.3 Å². The van der Waals surface area contributed by atoms with Crippen molar-refractivity contribution in [2.75, 3.05) is 26.4 Å². The molecular formula is C12H20ClN3O2. The van der Waals surface area contributed by atoms with Crippen molar-refractivity contribution in [3.8, 4) is 0 Å². The van der Waals surface area contributed by atoms with E-state index >= 15 is 0 Å². The molecule has 102 valence electrons. The SMILES string of the molecule is CCCNC(c1c(Cl)cnn1C)C1COCCO1. The van der Waals surface area contributed by atoms with E-state index in [1.165, 1.54) is 0 Å². The first-order valence-corrected chi connectivity index (χ1v) is 6.72. The van der Waals surface area contributed by atoms with Crippen molar-refractivity contribution in [3.63, 3.8) is 0 Å². The van der Waals surface area contributed by atoms with Crippen LogP contribution >= 0.6 is 11.6 Å². The Kier molecular flexibility index (Phi) is 5.00. The van der Waals surface area contributed by atoms with Gasteiger partial charge in [0.2, 0.25) is 0 Å². The van der Waals surface area contributed by atoms with Gasteiger partial charge in [0, 0.05) is 7.05 Å². The maximum atomic E-state index is 6.22. The average Bonchev–Trinajstić information content (AvgIpc) is 2.72. The summed E-state index contributed by atoms with van der Waals surface area (Å²) in [5.41, 5.74) is 0.959. The Morgan fingerprint density at radius 2 is 2.44 bits per heavy atom. The van der Waals surface area contributed by atoms with Crippen molar-refractivity contribution < 1.29 is 9.47 Å². The zero-order valence-corrected chi connectivity index (χ0v) is 11.6. The molecule has 1 saturated heterocycles. The topological polar surface area (TPSA) is 48.3 Å². The standard InChI is InChI=1S/C12H20ClN3O2/c1-3-4-14-11(10-8-17-5-6-18-10)12-9(13)7-15-16(12)2/h7,10-11,14H,3-6,8H2,1-2H3. The van der Waals surface area contributed by atoms with Crippen molar-refractivity contribution in [2.45, 2.75) is 25.5 Å². The number of ether oxygens (including phenoxy) is 2. The molecule has 0 bridgehead atoms. The molecule has 1 aliphatic rings. The predicted molar refractivity (Wildman–Crippen MR) is 69.8 cm³/mol. The quantitative estimate of drug-likeness (QED) is 0.884. The van der Waals surface area contributed by atoms with Gasteiger partial charge >= 0.3 is 0 Å². The third-order valence-corrected chi connectivity index (χ3v) is 3.35. The molecule has 0 amide bonds. The van der Waals surface area contributed by atoms with Crippen LogP contribution in [0, 0.1) is 0 Å². The van der Waals surface area contributed by atoms with Crippen molar-refractivity contribution in [3.05, 3.63) is 16.9 Å². The maximum absolute atomic E-state index is 6.22. The average molecular weight is 274 g/mol. The Bertz CT molecular complexity index is 358. The molecule has 0 spiro atoms. The Labute approximate surface area is 112 Å². The van der Waals surface area contributed by atoms with E-state index < -0.39 is 0 Å². The highest BCUT2D eigenvalue weighted by molar-refractivity contribution is 6.31. The van der Waals surface area contributed by atoms with Crippen LogP contribution < -0.4 is 5.32 Å². The molecule has 1 N–H and O–H groups in total. The van der Waals surface area contributed by atoms with E-state index in [9.17, 15) is 0 Å². The summed E-state index contributed by atoms with van der Waals surface area (Å²) in [5.74, 6) is 0. The molecule has 2 heterocycles. The summed E-state index contributed by atoms with van der Waals surface area (Å²) in [7, 11) is 1.89. The molecular weight excluding hydrogens is 254 g/mol. The number of hydrogen-bond donors (Lipinski definition) is 1. The third-order valence-electron chi connectivity index (χ3n) is 3.06. The first-order chi connectivity index (χ1) is 8.74. The van der Waals surface area contributed by atoms with Crippen LogP contribution in [-0.4, -0.2) is 42.2 Å². The van der Waals surface area contributed by atoms with Gasteiger partial charge in [0.15, 0.2) is 0 Å². The Balaban J connectivity index is 2.18. The van der Waals surface area contributed by atoms with Gasteiger partial charge in [-0.05, 0) is 13.0 Å². The summed E-state index contributed by atoms with van der Waals surface area (Å²) in [6.07, 6.45) is 2.71. The van der Waals surface area contributed by atoms with Crippen LogP contribution in [0.25, 0.3) is 0 Å². The highest BCUT2D eigenvalue weighted by Crippen LogP contribution is 2.27. The monoisotopic (exact) mass is 273 g/mol. The molecule has 2 rings (SSSR count). The lowest BCUT2D eigenvalue weighted by atomic mass is 10.1. The van der Waals surface area contributed by atoms with Crippen molar-refractivity contribution in [1.29, 1.82) is 0 Å². The Hall–Kier alpha value is -0.620. The van der Waals surface area contributed by atoms with Gasteiger partial charge in [-0.1, -0.05) is 18.5 Å². The second-order valence-electron chi connectivity index (χ2n) is 4.42. The van der Waals surface area contributed by atoms with Crippen LogP contribution in [0.5, 0.6) is 0 Å². The number of aryl methyl sites for hydroxylation is 1. The van der Waals surface area contributed by atoms with Crippen LogP contribution in [0.4, 0.5) is 0 Å². The van der Waals surface area contributed by atoms with E-state index in [-0.39, 0.29) is 12.1 Å². The second kappa shape index (κ2) is 6.52. The molecule has 6 heteroatoms. The highest BCUT2D eigenvalue weighted by atomic mass is 35.5. The minimum atomic E-state index is -0.0156. The zero-order chi connectivity index (χ0) is 13.0. The summed E-state index contributed by atoms with van der Waals surface area (Å²) in [5, 5.41) is 8.33. The second-order valence-corrected chi connectivity index (χ2v) is 4.82. The number of hydrogen-bond acceptors (Lipinski definition) is 4. The molecule has 1 aromatic rings. The smallest absolute Gasteiger partial charge is 0.102 e. The zero-order valence-electron chi connectivity index (χ0n) is 10.9. The van der Waals surface area contributed by atoms with E-state index in [0.717, 1.165) is 18.7 Å². The summed E-state index contributed by atoms with van der Waals surface area (Å²) in [6, 6.07) is 0.0188. The van der Waals surface area contributed by atoms with Crippen molar-refractivity contribution >= 4 is 11.6 Å². The van der Waals surface area contributed by atoms with Gasteiger partial charge in [-0.25, -0.2) is 0 Å². The maximum Gasteiger partial charge on any atom is 0.102 e. The van der Waals surface area contributed by atoms with E-state index in [1.54, 1.807) is 10.9 Å². The predicted octanol–water partition coefficient (Wildman–Crippen LogP) is 1.53. The molecule has 2 atom stereocenters. The minimum absolute atomic E-state index is 0.0156. The lowest BCUT2D eigenvalue weighted by molar-refractivity contribution is -0.103. The molecule has 0 radical (unpaired) electrons. The van der Waals surface area contributed by atoms with Crippen LogP contribution in [-0.2, 0) is 16.5 Å². The van der Waals surface area contributed by atoms with Crippen LogP contribution in [0.15, 0.2) is 6.20 Å². The van der Waals surface area contributed by atoms with Crippen LogP contribution in [0.3, 0.4) is 0 Å². The summed E-state index contributed by atoms with van der Waals surface area (Å²) in [4.78, 5) is 0. The van der Waals surface area contributed by atoms with Gasteiger partial charge in [0.05, 0.1) is 42.8 Å². The first kappa shape index (κ1) is 13.8. The molecule has 1 aromatic heterocycles. The fraction of sp³-hybridized carbons (Fsp3) is 0.750. The van der Waals surface area contributed by atoms with Gasteiger partial charge in [0.1, 0.15) is 6.10 Å². The largest absolute Gasteiger partial charge is 0.376 e. The lowest BCUT2D eigenvalue weighted by Crippen LogP contribution is -2.41. The van der Waals surface area contributed by atoms with E-state index in [1.807, 2.05) is 7.05 Å². The third kappa shape index (κ3) is 3.03. The minimum Gasteiger partial charge on any atom is -0.376 e. The number of rotatable bonds is 5. The summed E-state index contributed by atoms with van der Waals surface area (Å²) >= 11 is 6.22. The molecule has 1 fully saturated rings. The van der Waals surface area contributed by atoms with Gasteiger partial charge in [0.25, 0.3) is 0 Å². The van der Waals surface area contributed by atoms with Crippen molar-refractivity contribution in [1.82, 2.24) is 15.1 Å².